The summed E-state index contributed by atoms with van der Waals surface area (Å²) in [5, 5.41) is 4.64. The summed E-state index contributed by atoms with van der Waals surface area (Å²) < 4.78 is 29.2. The van der Waals surface area contributed by atoms with E-state index in [-0.39, 0.29) is 6.10 Å². The lowest BCUT2D eigenvalue weighted by molar-refractivity contribution is 0.0106. The monoisotopic (exact) mass is 614 g/mol. The molecule has 226 valence electrons. The molecule has 0 amide bonds. The molecule has 0 bridgehead atoms. The maximum atomic E-state index is 6.54. The minimum Gasteiger partial charge on any atom is -0.490 e. The van der Waals surface area contributed by atoms with Crippen LogP contribution in [0.25, 0.3) is 0 Å². The number of hydrogen-bond acceptors (Lipinski definition) is 7. The van der Waals surface area contributed by atoms with Gasteiger partial charge in [-0.1, -0.05) is 53.5 Å². The molecule has 2 aliphatic rings. The summed E-state index contributed by atoms with van der Waals surface area (Å²) in [4.78, 5) is 2.39. The van der Waals surface area contributed by atoms with Gasteiger partial charge in [-0.25, -0.2) is 0 Å². The molecule has 3 aromatic carbocycles. The summed E-state index contributed by atoms with van der Waals surface area (Å²) in [6.07, 6.45) is 2.13. The molecule has 0 radical (unpaired) electrons. The van der Waals surface area contributed by atoms with Gasteiger partial charge in [-0.15, -0.1) is 0 Å². The van der Waals surface area contributed by atoms with Gasteiger partial charge in [-0.2, -0.15) is 0 Å². The van der Waals surface area contributed by atoms with Gasteiger partial charge in [0.25, 0.3) is 0 Å². The standard InChI is InChI=1S/C33H40Cl2N2O5/c1-38-15-2-13-37-14-16-40-31-10-5-25(19-30(31)37)23-42-33-21-36-12-11-28(33)26-6-3-24(4-7-26)22-39-17-18-41-32-20-27(34)8-9-29(32)35/h3-10,19-20,28,33,36H,2,11-18,21-23H2,1H3/t28-,33+/m1/s1. The first-order valence-electron chi connectivity index (χ1n) is 14.7. The van der Waals surface area contributed by atoms with Gasteiger partial charge in [-0.3, -0.25) is 0 Å². The number of piperidine rings is 1. The highest BCUT2D eigenvalue weighted by Crippen LogP contribution is 2.34. The molecule has 1 saturated heterocycles. The molecule has 2 atom stereocenters. The number of benzene rings is 3. The highest BCUT2D eigenvalue weighted by molar-refractivity contribution is 6.34. The summed E-state index contributed by atoms with van der Waals surface area (Å²) in [6, 6.07) is 20.3. The van der Waals surface area contributed by atoms with Crippen molar-refractivity contribution in [2.45, 2.75) is 38.1 Å². The average Bonchev–Trinajstić information content (AvgIpc) is 3.02. The van der Waals surface area contributed by atoms with Gasteiger partial charge in [0.15, 0.2) is 0 Å². The van der Waals surface area contributed by atoms with E-state index in [4.69, 9.17) is 46.9 Å². The van der Waals surface area contributed by atoms with Crippen LogP contribution in [0, 0.1) is 0 Å². The Hall–Kier alpha value is -2.52. The van der Waals surface area contributed by atoms with Crippen molar-refractivity contribution in [1.82, 2.24) is 5.32 Å². The molecule has 9 heteroatoms. The third-order valence-corrected chi connectivity index (χ3v) is 8.25. The van der Waals surface area contributed by atoms with Crippen LogP contribution in [0.2, 0.25) is 10.0 Å². The normalized spacial score (nSPS) is 18.4. The van der Waals surface area contributed by atoms with E-state index in [2.05, 4.69) is 52.7 Å². The molecule has 5 rings (SSSR count). The second-order valence-electron chi connectivity index (χ2n) is 10.7. The van der Waals surface area contributed by atoms with Gasteiger partial charge in [0.1, 0.15) is 24.7 Å². The number of hydrogen-bond donors (Lipinski definition) is 1. The Balaban J connectivity index is 1.11. The number of halogens is 2. The van der Waals surface area contributed by atoms with Crippen LogP contribution < -0.4 is 19.7 Å². The number of nitrogens with zero attached hydrogens (tertiary/aromatic N) is 1. The second kappa shape index (κ2) is 15.8. The van der Waals surface area contributed by atoms with E-state index in [0.717, 1.165) is 68.2 Å². The molecule has 0 aromatic heterocycles. The number of rotatable bonds is 14. The topological polar surface area (TPSA) is 61.4 Å². The first-order valence-corrected chi connectivity index (χ1v) is 15.4. The zero-order chi connectivity index (χ0) is 29.1. The maximum Gasteiger partial charge on any atom is 0.142 e. The quantitative estimate of drug-likeness (QED) is 0.208. The van der Waals surface area contributed by atoms with Crippen molar-refractivity contribution in [1.29, 1.82) is 0 Å². The Bertz CT molecular complexity index is 1280. The largest absolute Gasteiger partial charge is 0.490 e. The molecule has 0 aliphatic carbocycles. The number of methoxy groups -OCH3 is 1. The van der Waals surface area contributed by atoms with E-state index in [1.165, 1.54) is 5.56 Å². The highest BCUT2D eigenvalue weighted by Gasteiger charge is 2.27. The first-order chi connectivity index (χ1) is 20.6. The van der Waals surface area contributed by atoms with Gasteiger partial charge in [0.05, 0.1) is 43.2 Å². The maximum absolute atomic E-state index is 6.54. The van der Waals surface area contributed by atoms with Gasteiger partial charge >= 0.3 is 0 Å². The van der Waals surface area contributed by atoms with Crippen LogP contribution >= 0.6 is 23.2 Å². The lowest BCUT2D eigenvalue weighted by Crippen LogP contribution is -2.41. The van der Waals surface area contributed by atoms with Crippen LogP contribution in [0.5, 0.6) is 11.5 Å². The van der Waals surface area contributed by atoms with Crippen LogP contribution in [-0.4, -0.2) is 65.8 Å². The van der Waals surface area contributed by atoms with Crippen molar-refractivity contribution in [3.63, 3.8) is 0 Å². The molecule has 7 nitrogen and oxygen atoms in total. The lowest BCUT2D eigenvalue weighted by Gasteiger charge is -2.33. The summed E-state index contributed by atoms with van der Waals surface area (Å²) in [5.74, 6) is 1.85. The molecule has 0 unspecified atom stereocenters. The Labute approximate surface area is 258 Å². The summed E-state index contributed by atoms with van der Waals surface area (Å²) in [5.41, 5.74) is 4.73. The van der Waals surface area contributed by atoms with Crippen molar-refractivity contribution in [2.24, 2.45) is 0 Å². The molecule has 0 spiro atoms. The molecule has 2 heterocycles. The lowest BCUT2D eigenvalue weighted by atomic mass is 9.87. The predicted molar refractivity (Wildman–Crippen MR) is 168 cm³/mol. The fourth-order valence-electron chi connectivity index (χ4n) is 5.48. The van der Waals surface area contributed by atoms with Gasteiger partial charge in [-0.05, 0) is 60.3 Å². The average molecular weight is 616 g/mol. The van der Waals surface area contributed by atoms with Crippen LogP contribution in [-0.2, 0) is 27.4 Å². The summed E-state index contributed by atoms with van der Waals surface area (Å²) in [6.45, 7) is 7.07. The molecular formula is C33H40Cl2N2O5. The fourth-order valence-corrected chi connectivity index (χ4v) is 5.81. The van der Waals surface area contributed by atoms with Gasteiger partial charge in [0, 0.05) is 43.8 Å². The van der Waals surface area contributed by atoms with Gasteiger partial charge in [0.2, 0.25) is 0 Å². The number of anilines is 1. The molecule has 1 fully saturated rings. The van der Waals surface area contributed by atoms with Gasteiger partial charge < -0.3 is 33.9 Å². The summed E-state index contributed by atoms with van der Waals surface area (Å²) >= 11 is 12.2. The Morgan fingerprint density at radius 2 is 1.81 bits per heavy atom. The number of fused-ring (bicyclic) bond motifs is 1. The molecule has 0 saturated carbocycles. The SMILES string of the molecule is COCCCN1CCOc2ccc(CO[C@H]3CNCC[C@@H]3c3ccc(COCCOc4cc(Cl)ccc4Cl)cc3)cc21. The molecule has 2 aliphatic heterocycles. The number of ether oxygens (including phenoxy) is 5. The van der Waals surface area contributed by atoms with Crippen molar-refractivity contribution in [3.8, 4) is 11.5 Å². The second-order valence-corrected chi connectivity index (χ2v) is 11.5. The zero-order valence-corrected chi connectivity index (χ0v) is 25.7. The van der Waals surface area contributed by atoms with E-state index in [9.17, 15) is 0 Å². The molecule has 42 heavy (non-hydrogen) atoms. The van der Waals surface area contributed by atoms with Crippen LogP contribution in [0.4, 0.5) is 5.69 Å². The Kier molecular flexibility index (Phi) is 11.6. The third kappa shape index (κ3) is 8.53. The van der Waals surface area contributed by atoms with E-state index >= 15 is 0 Å². The van der Waals surface area contributed by atoms with Crippen molar-refractivity contribution < 1.29 is 23.7 Å². The van der Waals surface area contributed by atoms with E-state index < -0.39 is 0 Å². The van der Waals surface area contributed by atoms with Crippen LogP contribution in [0.1, 0.15) is 35.4 Å². The van der Waals surface area contributed by atoms with Crippen molar-refractivity contribution in [2.75, 3.05) is 64.6 Å². The third-order valence-electron chi connectivity index (χ3n) is 7.70. The fraction of sp³-hybridized carbons (Fsp3) is 0.455. The van der Waals surface area contributed by atoms with Crippen molar-refractivity contribution >= 4 is 28.9 Å². The van der Waals surface area contributed by atoms with Crippen LogP contribution in [0.15, 0.2) is 60.7 Å². The smallest absolute Gasteiger partial charge is 0.142 e. The predicted octanol–water partition coefficient (Wildman–Crippen LogP) is 6.49. The minimum absolute atomic E-state index is 0.0985. The van der Waals surface area contributed by atoms with E-state index in [1.54, 1.807) is 25.3 Å². The number of nitrogens with one attached hydrogen (secondary N) is 1. The zero-order valence-electron chi connectivity index (χ0n) is 24.2. The van der Waals surface area contributed by atoms with E-state index in [0.29, 0.717) is 54.7 Å². The minimum atomic E-state index is 0.0985. The molecule has 1 N–H and O–H groups in total. The Morgan fingerprint density at radius 1 is 0.952 bits per heavy atom. The first kappa shape index (κ1) is 30.9. The Morgan fingerprint density at radius 3 is 2.67 bits per heavy atom. The highest BCUT2D eigenvalue weighted by atomic mass is 35.5. The van der Waals surface area contributed by atoms with Crippen LogP contribution in [0.3, 0.4) is 0 Å². The van der Waals surface area contributed by atoms with E-state index in [1.807, 2.05) is 0 Å². The summed E-state index contributed by atoms with van der Waals surface area (Å²) in [7, 11) is 1.75. The van der Waals surface area contributed by atoms with Crippen molar-refractivity contribution in [3.05, 3.63) is 87.4 Å². The molecular weight excluding hydrogens is 575 g/mol. The molecule has 3 aromatic rings.